The van der Waals surface area contributed by atoms with Crippen LogP contribution in [0.4, 0.5) is 10.1 Å². The molecule has 0 radical (unpaired) electrons. The van der Waals surface area contributed by atoms with Gasteiger partial charge in [-0.25, -0.2) is 9.18 Å². The Morgan fingerprint density at radius 3 is 2.42 bits per heavy atom. The Morgan fingerprint density at radius 1 is 0.908 bits per heavy atom. The highest BCUT2D eigenvalue weighted by Crippen LogP contribution is 2.63. The van der Waals surface area contributed by atoms with Crippen molar-refractivity contribution in [1.82, 2.24) is 30.0 Å². The number of fused-ring (bicyclic) bond motifs is 4. The summed E-state index contributed by atoms with van der Waals surface area (Å²) in [5.74, 6) is 4.85. The summed E-state index contributed by atoms with van der Waals surface area (Å²) in [7, 11) is 1.69. The second-order valence-corrected chi connectivity index (χ2v) is 20.1. The summed E-state index contributed by atoms with van der Waals surface area (Å²) in [4.78, 5) is 69.8. The van der Waals surface area contributed by atoms with Gasteiger partial charge in [-0.15, -0.1) is 0 Å². The van der Waals surface area contributed by atoms with Crippen molar-refractivity contribution in [3.05, 3.63) is 97.6 Å². The highest BCUT2D eigenvalue weighted by atomic mass is 35.5. The van der Waals surface area contributed by atoms with Crippen LogP contribution in [0.15, 0.2) is 59.4 Å². The van der Waals surface area contributed by atoms with Gasteiger partial charge in [-0.05, 0) is 118 Å². The van der Waals surface area contributed by atoms with E-state index in [0.717, 1.165) is 88.5 Å². The Balaban J connectivity index is 0.791. The Labute approximate surface area is 387 Å². The molecule has 65 heavy (non-hydrogen) atoms. The summed E-state index contributed by atoms with van der Waals surface area (Å²) in [5.41, 5.74) is 1.29. The highest BCUT2D eigenvalue weighted by molar-refractivity contribution is 6.31. The van der Waals surface area contributed by atoms with E-state index in [1.165, 1.54) is 10.6 Å². The first-order chi connectivity index (χ1) is 31.4. The maximum Gasteiger partial charge on any atom is 0.329 e. The monoisotopic (exact) mass is 921 g/mol. The van der Waals surface area contributed by atoms with E-state index >= 15 is 4.39 Å². The standard InChI is InChI=1S/C50H54Cl2FN7O5/c1-58-44-31(7-5-10-38(44)60(48(58)65)39-19-20-40(61)56-45(39)62)14-11-29-21-25-59(26-22-29)28-30-12-16-33(17-13-30)54-46(63)43-41(34-8-6-9-36(52)42(34)53)50(49(57-43)23-3-2-4-24-49)35-18-15-32(51)27-37(35)55-47(50)64/h5-10,15,18,27,29-30,33,39,41,43,57H,2-4,12-13,16-17,19-26,28H2,1H3,(H,54,63)(H,55,64)(H,56,61,62)/t30-,33-,39?,41-,43+,50+/m0/s1. The average Bonchev–Trinajstić information content (AvgIpc) is 3.85. The van der Waals surface area contributed by atoms with Gasteiger partial charge in [0.25, 0.3) is 0 Å². The van der Waals surface area contributed by atoms with Crippen LogP contribution in [0.25, 0.3) is 11.0 Å². The number of carbonyl (C=O) groups excluding carboxylic acids is 4. The van der Waals surface area contributed by atoms with E-state index in [1.54, 1.807) is 35.9 Å². The fraction of sp³-hybridized carbons (Fsp3) is 0.500. The molecule has 12 nitrogen and oxygen atoms in total. The number of anilines is 1. The second kappa shape index (κ2) is 17.3. The third kappa shape index (κ3) is 7.49. The Kier molecular flexibility index (Phi) is 11.7. The molecule has 2 spiro atoms. The number of rotatable bonds is 6. The van der Waals surface area contributed by atoms with E-state index in [1.807, 2.05) is 24.3 Å². The fourth-order valence-electron chi connectivity index (χ4n) is 12.6. The Morgan fingerprint density at radius 2 is 1.66 bits per heavy atom. The van der Waals surface area contributed by atoms with Gasteiger partial charge in [0.15, 0.2) is 0 Å². The fourth-order valence-corrected chi connectivity index (χ4v) is 12.9. The van der Waals surface area contributed by atoms with Crippen molar-refractivity contribution in [3.8, 4) is 11.8 Å². The van der Waals surface area contributed by atoms with Gasteiger partial charge in [0, 0.05) is 54.1 Å². The average molecular weight is 923 g/mol. The molecule has 2 aliphatic carbocycles. The van der Waals surface area contributed by atoms with Crippen LogP contribution in [0.3, 0.4) is 0 Å². The van der Waals surface area contributed by atoms with Crippen LogP contribution < -0.4 is 27.0 Å². The summed E-state index contributed by atoms with van der Waals surface area (Å²) in [5, 5.41) is 13.0. The minimum Gasteiger partial charge on any atom is -0.352 e. The maximum atomic E-state index is 16.3. The zero-order valence-electron chi connectivity index (χ0n) is 36.5. The van der Waals surface area contributed by atoms with Crippen LogP contribution >= 0.6 is 23.2 Å². The molecule has 3 aromatic carbocycles. The number of carbonyl (C=O) groups is 4. The zero-order chi connectivity index (χ0) is 45.2. The van der Waals surface area contributed by atoms with Gasteiger partial charge in [-0.3, -0.25) is 38.9 Å². The van der Waals surface area contributed by atoms with Crippen molar-refractivity contribution < 1.29 is 23.6 Å². The van der Waals surface area contributed by atoms with Gasteiger partial charge in [0.05, 0.1) is 27.7 Å². The number of aryl methyl sites for hydroxylation is 1. The van der Waals surface area contributed by atoms with Gasteiger partial charge >= 0.3 is 5.69 Å². The number of halogens is 3. The van der Waals surface area contributed by atoms with E-state index in [9.17, 15) is 24.0 Å². The van der Waals surface area contributed by atoms with Crippen LogP contribution in [0.2, 0.25) is 10.0 Å². The van der Waals surface area contributed by atoms with E-state index in [4.69, 9.17) is 23.2 Å². The Bertz CT molecular complexity index is 2720. The molecular weight excluding hydrogens is 868 g/mol. The lowest BCUT2D eigenvalue weighted by Gasteiger charge is -2.47. The number of para-hydroxylation sites is 1. The number of nitrogens with one attached hydrogen (secondary N) is 4. The molecule has 4 aromatic rings. The molecule has 1 aromatic heterocycles. The van der Waals surface area contributed by atoms with Crippen molar-refractivity contribution in [1.29, 1.82) is 0 Å². The highest BCUT2D eigenvalue weighted by Gasteiger charge is 2.72. The van der Waals surface area contributed by atoms with Crippen LogP contribution in [0.1, 0.15) is 112 Å². The van der Waals surface area contributed by atoms with Crippen molar-refractivity contribution in [2.75, 3.05) is 25.0 Å². The maximum absolute atomic E-state index is 16.3. The number of aromatic nitrogens is 2. The lowest BCUT2D eigenvalue weighted by molar-refractivity contribution is -0.136. The second-order valence-electron chi connectivity index (χ2n) is 19.3. The molecule has 1 unspecified atom stereocenters. The van der Waals surface area contributed by atoms with Crippen LogP contribution in [-0.4, -0.2) is 74.9 Å². The summed E-state index contributed by atoms with van der Waals surface area (Å²) in [6.45, 7) is 2.86. The van der Waals surface area contributed by atoms with Gasteiger partial charge in [-0.2, -0.15) is 0 Å². The minimum absolute atomic E-state index is 0.0429. The first-order valence-corrected chi connectivity index (χ1v) is 24.0. The van der Waals surface area contributed by atoms with Crippen molar-refractivity contribution >= 4 is 63.6 Å². The van der Waals surface area contributed by atoms with E-state index in [-0.39, 0.29) is 58.8 Å². The van der Waals surface area contributed by atoms with Crippen molar-refractivity contribution in [2.45, 2.75) is 118 Å². The predicted octanol–water partition coefficient (Wildman–Crippen LogP) is 6.85. The molecule has 4 N–H and O–H groups in total. The lowest BCUT2D eigenvalue weighted by atomic mass is 9.55. The van der Waals surface area contributed by atoms with E-state index < -0.39 is 40.7 Å². The van der Waals surface area contributed by atoms with Crippen LogP contribution in [-0.2, 0) is 31.6 Å². The number of hydrogen-bond donors (Lipinski definition) is 4. The van der Waals surface area contributed by atoms with Crippen molar-refractivity contribution in [2.24, 2.45) is 18.9 Å². The lowest BCUT2D eigenvalue weighted by Crippen LogP contribution is -2.60. The topological polar surface area (TPSA) is 147 Å². The molecule has 4 aliphatic heterocycles. The molecule has 15 heteroatoms. The van der Waals surface area contributed by atoms with E-state index in [2.05, 4.69) is 38.0 Å². The number of amides is 4. The molecule has 340 valence electrons. The largest absolute Gasteiger partial charge is 0.352 e. The van der Waals surface area contributed by atoms with Gasteiger partial charge in [0.1, 0.15) is 17.3 Å². The summed E-state index contributed by atoms with van der Waals surface area (Å²) in [6.07, 6.45) is 10.1. The van der Waals surface area contributed by atoms with E-state index in [0.29, 0.717) is 40.5 Å². The molecule has 4 amide bonds. The predicted molar refractivity (Wildman–Crippen MR) is 247 cm³/mol. The van der Waals surface area contributed by atoms with Gasteiger partial charge in [0.2, 0.25) is 23.6 Å². The molecule has 0 bridgehead atoms. The number of imidazole rings is 1. The number of likely N-dealkylation sites (tertiary alicyclic amines) is 1. The first kappa shape index (κ1) is 43.9. The number of imide groups is 1. The van der Waals surface area contributed by atoms with Gasteiger partial charge in [-0.1, -0.05) is 78.6 Å². The quantitative estimate of drug-likeness (QED) is 0.122. The molecule has 5 fully saturated rings. The van der Waals surface area contributed by atoms with Crippen molar-refractivity contribution in [3.63, 3.8) is 0 Å². The SMILES string of the molecule is Cn1c(=O)n(C2CCC(=O)NC2=O)c2cccc(C#CC3CCN(C[C@H]4CC[C@H](NC(=O)[C@@H]5NC6(CCCCC6)[C@@]6(C(=O)Nc7cc(Cl)ccc76)[C@H]5c5cccc(Cl)c5F)CC4)CC3)c21. The number of benzene rings is 3. The van der Waals surface area contributed by atoms with Crippen LogP contribution in [0.5, 0.6) is 0 Å². The number of nitrogens with zero attached hydrogens (tertiary/aromatic N) is 3. The summed E-state index contributed by atoms with van der Waals surface area (Å²) < 4.78 is 19.4. The summed E-state index contributed by atoms with van der Waals surface area (Å²) >= 11 is 12.9. The molecule has 10 rings (SSSR count). The van der Waals surface area contributed by atoms with Crippen LogP contribution in [0, 0.1) is 29.5 Å². The smallest absolute Gasteiger partial charge is 0.329 e. The Hall–Kier alpha value is -5.00. The molecule has 5 heterocycles. The zero-order valence-corrected chi connectivity index (χ0v) is 38.0. The minimum atomic E-state index is -1.27. The molecule has 6 aliphatic rings. The first-order valence-electron chi connectivity index (χ1n) is 23.3. The number of piperidine rings is 2. The third-order valence-electron chi connectivity index (χ3n) is 15.6. The molecule has 2 saturated carbocycles. The molecule has 3 saturated heterocycles. The number of hydrogen-bond acceptors (Lipinski definition) is 7. The third-order valence-corrected chi connectivity index (χ3v) is 16.2. The molecule has 4 atom stereocenters. The molecular formula is C50H54Cl2FN7O5. The summed E-state index contributed by atoms with van der Waals surface area (Å²) in [6, 6.07) is 14.2. The van der Waals surface area contributed by atoms with Gasteiger partial charge < -0.3 is 15.5 Å². The normalized spacial score (nSPS) is 27.9.